The number of rotatable bonds is 9. The average molecular weight is 651 g/mol. The highest BCUT2D eigenvalue weighted by Gasteiger charge is 2.61. The molecule has 0 bridgehead atoms. The minimum absolute atomic E-state index is 0.0780. The van der Waals surface area contributed by atoms with Gasteiger partial charge in [-0.25, -0.2) is 14.4 Å². The van der Waals surface area contributed by atoms with Crippen LogP contribution >= 0.6 is 0 Å². The van der Waals surface area contributed by atoms with Crippen molar-refractivity contribution in [3.8, 4) is 0 Å². The first-order valence-corrected chi connectivity index (χ1v) is 15.8. The molecule has 1 saturated heterocycles. The first-order chi connectivity index (χ1) is 21.9. The topological polar surface area (TPSA) is 163 Å². The van der Waals surface area contributed by atoms with Gasteiger partial charge in [0.2, 0.25) is 11.8 Å². The summed E-state index contributed by atoms with van der Waals surface area (Å²) in [4.78, 5) is 67.1. The summed E-state index contributed by atoms with van der Waals surface area (Å²) in [5.41, 5.74) is -2.28. The number of nitrogens with one attached hydrogen (secondary N) is 3. The molecule has 254 valence electrons. The van der Waals surface area contributed by atoms with Crippen LogP contribution in [0.5, 0.6) is 0 Å². The van der Waals surface area contributed by atoms with E-state index in [2.05, 4.69) is 22.5 Å². The van der Waals surface area contributed by atoms with Crippen molar-refractivity contribution in [2.24, 2.45) is 11.3 Å². The number of carboxylic acid groups (broad SMARTS) is 1. The number of aliphatic carboxylic acids is 1. The third-order valence-corrected chi connectivity index (χ3v) is 8.55. The highest BCUT2D eigenvalue weighted by molar-refractivity contribution is 5.96. The molecule has 1 aliphatic heterocycles. The average Bonchev–Trinajstić information content (AvgIpc) is 3.53. The van der Waals surface area contributed by atoms with Crippen molar-refractivity contribution < 1.29 is 38.6 Å². The lowest BCUT2D eigenvalue weighted by atomic mass is 9.85. The number of fused-ring (bicyclic) bond motifs is 1. The molecule has 2 aliphatic rings. The summed E-state index contributed by atoms with van der Waals surface area (Å²) >= 11 is 0. The minimum atomic E-state index is -1.53. The fourth-order valence-corrected chi connectivity index (χ4v) is 6.00. The van der Waals surface area contributed by atoms with E-state index in [0.717, 1.165) is 16.3 Å². The largest absolute Gasteiger partial charge is 0.479 e. The van der Waals surface area contributed by atoms with Crippen LogP contribution in [-0.4, -0.2) is 75.8 Å². The number of likely N-dealkylation sites (tertiary alicyclic amines) is 1. The van der Waals surface area contributed by atoms with Crippen molar-refractivity contribution in [2.45, 2.75) is 96.7 Å². The summed E-state index contributed by atoms with van der Waals surface area (Å²) in [6.07, 6.45) is -0.884. The molecule has 1 saturated carbocycles. The molecule has 12 heteroatoms. The minimum Gasteiger partial charge on any atom is -0.479 e. The Balaban J connectivity index is 1.55. The third kappa shape index (κ3) is 8.04. The number of amides is 4. The van der Waals surface area contributed by atoms with E-state index in [-0.39, 0.29) is 19.4 Å². The molecule has 0 spiro atoms. The van der Waals surface area contributed by atoms with Gasteiger partial charge in [0.25, 0.3) is 0 Å². The van der Waals surface area contributed by atoms with E-state index < -0.39 is 76.7 Å². The van der Waals surface area contributed by atoms with Crippen LogP contribution in [0.1, 0.15) is 72.9 Å². The van der Waals surface area contributed by atoms with Gasteiger partial charge >= 0.3 is 18.2 Å². The highest BCUT2D eigenvalue weighted by atomic mass is 16.6. The third-order valence-electron chi connectivity index (χ3n) is 8.55. The van der Waals surface area contributed by atoms with Crippen molar-refractivity contribution >= 4 is 40.7 Å². The number of ether oxygens (including phenoxy) is 2. The van der Waals surface area contributed by atoms with Gasteiger partial charge in [0.1, 0.15) is 29.3 Å². The number of hydrogen-bond donors (Lipinski definition) is 4. The van der Waals surface area contributed by atoms with Gasteiger partial charge in [-0.2, -0.15) is 0 Å². The van der Waals surface area contributed by atoms with Crippen LogP contribution in [0.2, 0.25) is 0 Å². The van der Waals surface area contributed by atoms with Crippen molar-refractivity contribution in [2.75, 3.05) is 6.54 Å². The first-order valence-electron chi connectivity index (χ1n) is 15.8. The Hall–Kier alpha value is -4.61. The Kier molecular flexibility index (Phi) is 9.94. The molecule has 6 unspecified atom stereocenters. The second kappa shape index (κ2) is 13.2. The van der Waals surface area contributed by atoms with E-state index in [4.69, 9.17) is 9.47 Å². The number of carboxylic acids is 1. The maximum Gasteiger partial charge on any atom is 0.408 e. The molecule has 47 heavy (non-hydrogen) atoms. The number of benzene rings is 2. The van der Waals surface area contributed by atoms with E-state index in [1.807, 2.05) is 49.4 Å². The number of carbonyl (C=O) groups excluding carboxylic acids is 4. The van der Waals surface area contributed by atoms with Gasteiger partial charge in [-0.1, -0.05) is 69.3 Å². The molecule has 2 fully saturated rings. The van der Waals surface area contributed by atoms with Crippen molar-refractivity contribution in [3.05, 3.63) is 60.7 Å². The van der Waals surface area contributed by atoms with Gasteiger partial charge in [-0.05, 0) is 55.9 Å². The Morgan fingerprint density at radius 2 is 1.66 bits per heavy atom. The molecule has 0 aromatic heterocycles. The van der Waals surface area contributed by atoms with Crippen LogP contribution in [0.25, 0.3) is 10.8 Å². The Labute approximate surface area is 275 Å². The zero-order chi connectivity index (χ0) is 34.9. The second-order valence-corrected chi connectivity index (χ2v) is 14.5. The van der Waals surface area contributed by atoms with Crippen LogP contribution in [-0.2, 0) is 23.9 Å². The molecular weight excluding hydrogens is 604 g/mol. The molecule has 6 atom stereocenters. The maximum atomic E-state index is 14.1. The lowest BCUT2D eigenvalue weighted by Gasteiger charge is -2.35. The molecule has 12 nitrogen and oxygen atoms in total. The standard InChI is InChI=1S/C35H46N4O8/c1-9-22-18-35(22,30(42)43)38-28(40)26-17-23(19-39(26)29(41)27(33(3,4)5)37-32(45)47-34(6,7)8)46-31(44)36-20(2)24-16-12-14-21-13-10-11-15-25(21)24/h9-16,20,22-23,26-27H,1,17-19H2,2-8H3,(H,36,44)(H,37,45)(H,38,40)(H,42,43). The molecule has 2 aromatic rings. The summed E-state index contributed by atoms with van der Waals surface area (Å²) in [7, 11) is 0. The van der Waals surface area contributed by atoms with Crippen molar-refractivity contribution in [1.29, 1.82) is 0 Å². The zero-order valence-electron chi connectivity index (χ0n) is 28.1. The molecule has 1 heterocycles. The van der Waals surface area contributed by atoms with Gasteiger partial charge in [-0.15, -0.1) is 6.58 Å². The van der Waals surface area contributed by atoms with E-state index in [0.29, 0.717) is 0 Å². The number of alkyl carbamates (subject to hydrolysis) is 2. The predicted molar refractivity (Wildman–Crippen MR) is 175 cm³/mol. The predicted octanol–water partition coefficient (Wildman–Crippen LogP) is 4.68. The SMILES string of the molecule is C=CC1CC1(NC(=O)C1CC(OC(=O)NC(C)c2cccc3ccccc23)CN1C(=O)C(NC(=O)OC(C)(C)C)C(C)(C)C)C(=O)O. The first kappa shape index (κ1) is 35.2. The Morgan fingerprint density at radius 3 is 2.26 bits per heavy atom. The van der Waals surface area contributed by atoms with Crippen LogP contribution in [0, 0.1) is 11.3 Å². The molecule has 1 aliphatic carbocycles. The summed E-state index contributed by atoms with van der Waals surface area (Å²) in [6, 6.07) is 10.9. The van der Waals surface area contributed by atoms with E-state index in [1.54, 1.807) is 41.5 Å². The Morgan fingerprint density at radius 1 is 1.00 bits per heavy atom. The normalized spacial score (nSPS) is 23.6. The van der Waals surface area contributed by atoms with Gasteiger partial charge in [-0.3, -0.25) is 9.59 Å². The van der Waals surface area contributed by atoms with Crippen LogP contribution in [0.3, 0.4) is 0 Å². The molecule has 4 amide bonds. The summed E-state index contributed by atoms with van der Waals surface area (Å²) in [5.74, 6) is -2.98. The van der Waals surface area contributed by atoms with Gasteiger partial charge in [0.05, 0.1) is 12.6 Å². The van der Waals surface area contributed by atoms with Crippen LogP contribution < -0.4 is 16.0 Å². The van der Waals surface area contributed by atoms with Crippen LogP contribution in [0.15, 0.2) is 55.1 Å². The fourth-order valence-electron chi connectivity index (χ4n) is 6.00. The van der Waals surface area contributed by atoms with Crippen LogP contribution in [0.4, 0.5) is 9.59 Å². The molecule has 4 N–H and O–H groups in total. The van der Waals surface area contributed by atoms with Gasteiger partial charge < -0.3 is 35.4 Å². The zero-order valence-corrected chi connectivity index (χ0v) is 28.1. The van der Waals surface area contributed by atoms with Crippen molar-refractivity contribution in [1.82, 2.24) is 20.9 Å². The summed E-state index contributed by atoms with van der Waals surface area (Å²) in [6.45, 7) is 15.7. The Bertz CT molecular complexity index is 1560. The molecule has 2 aromatic carbocycles. The monoisotopic (exact) mass is 650 g/mol. The highest BCUT2D eigenvalue weighted by Crippen LogP contribution is 2.45. The number of nitrogens with zero attached hydrogens (tertiary/aromatic N) is 1. The quantitative estimate of drug-likeness (QED) is 0.284. The number of carbonyl (C=O) groups is 5. The van der Waals surface area contributed by atoms with Gasteiger partial charge in [0, 0.05) is 12.3 Å². The molecule has 4 rings (SSSR count). The second-order valence-electron chi connectivity index (χ2n) is 14.5. The lowest BCUT2D eigenvalue weighted by Crippen LogP contribution is -2.59. The van der Waals surface area contributed by atoms with E-state index in [1.165, 1.54) is 11.0 Å². The summed E-state index contributed by atoms with van der Waals surface area (Å²) < 4.78 is 11.2. The van der Waals surface area contributed by atoms with E-state index in [9.17, 15) is 29.1 Å². The maximum absolute atomic E-state index is 14.1. The van der Waals surface area contributed by atoms with E-state index >= 15 is 0 Å². The molecule has 0 radical (unpaired) electrons. The summed E-state index contributed by atoms with van der Waals surface area (Å²) in [5, 5.41) is 20.0. The fraction of sp³-hybridized carbons (Fsp3) is 0.514. The molecular formula is C35H46N4O8. The lowest BCUT2D eigenvalue weighted by molar-refractivity contribution is -0.146. The smallest absolute Gasteiger partial charge is 0.408 e. The van der Waals surface area contributed by atoms with Gasteiger partial charge in [0.15, 0.2) is 0 Å². The van der Waals surface area contributed by atoms with Crippen molar-refractivity contribution in [3.63, 3.8) is 0 Å². The number of hydrogen-bond acceptors (Lipinski definition) is 7.